The largest absolute Gasteiger partial charge is 0.496 e. The number of alkyl halides is 1. The van der Waals surface area contributed by atoms with Crippen LogP contribution in [-0.4, -0.2) is 7.11 Å². The van der Waals surface area contributed by atoms with Crippen molar-refractivity contribution >= 4 is 27.5 Å². The first-order chi connectivity index (χ1) is 9.43. The second-order valence-corrected chi connectivity index (χ2v) is 6.07. The molecule has 4 heteroatoms. The molecule has 1 atom stereocenters. The van der Waals surface area contributed by atoms with Crippen LogP contribution in [0, 0.1) is 19.7 Å². The van der Waals surface area contributed by atoms with Crippen molar-refractivity contribution in [1.29, 1.82) is 0 Å². The van der Waals surface area contributed by atoms with Crippen molar-refractivity contribution in [1.82, 2.24) is 0 Å². The van der Waals surface area contributed by atoms with E-state index in [0.717, 1.165) is 22.4 Å². The van der Waals surface area contributed by atoms with E-state index in [0.29, 0.717) is 10.0 Å². The molecule has 1 nitrogen and oxygen atoms in total. The van der Waals surface area contributed by atoms with Crippen LogP contribution in [0.1, 0.15) is 27.6 Å². The van der Waals surface area contributed by atoms with Crippen LogP contribution < -0.4 is 4.74 Å². The van der Waals surface area contributed by atoms with Crippen molar-refractivity contribution in [3.05, 3.63) is 62.9 Å². The van der Waals surface area contributed by atoms with Crippen LogP contribution in [0.4, 0.5) is 4.39 Å². The fraction of sp³-hybridized carbons (Fsp3) is 0.250. The molecule has 0 heterocycles. The first-order valence-corrected chi connectivity index (χ1v) is 7.41. The Balaban J connectivity index is 2.45. The fourth-order valence-corrected chi connectivity index (χ4v) is 2.97. The Morgan fingerprint density at radius 3 is 2.25 bits per heavy atom. The lowest BCUT2D eigenvalue weighted by molar-refractivity contribution is 0.408. The number of benzene rings is 2. The zero-order chi connectivity index (χ0) is 14.9. The topological polar surface area (TPSA) is 9.23 Å². The summed E-state index contributed by atoms with van der Waals surface area (Å²) in [6.45, 7) is 3.91. The molecule has 20 heavy (non-hydrogen) atoms. The molecule has 0 bridgehead atoms. The van der Waals surface area contributed by atoms with Crippen molar-refractivity contribution in [2.75, 3.05) is 7.11 Å². The highest BCUT2D eigenvalue weighted by Crippen LogP contribution is 2.35. The van der Waals surface area contributed by atoms with Gasteiger partial charge in [-0.1, -0.05) is 34.1 Å². The normalized spacial score (nSPS) is 12.3. The Kier molecular flexibility index (Phi) is 4.71. The summed E-state index contributed by atoms with van der Waals surface area (Å²) in [5.41, 5.74) is 3.32. The van der Waals surface area contributed by atoms with Gasteiger partial charge in [-0.3, -0.25) is 0 Å². The van der Waals surface area contributed by atoms with Gasteiger partial charge in [0.05, 0.1) is 12.5 Å². The van der Waals surface area contributed by atoms with Gasteiger partial charge in [0, 0.05) is 10.0 Å². The average Bonchev–Trinajstić information content (AvgIpc) is 2.37. The molecule has 0 aliphatic carbocycles. The lowest BCUT2D eigenvalue weighted by Crippen LogP contribution is -2.00. The summed E-state index contributed by atoms with van der Waals surface area (Å²) in [6, 6.07) is 8.78. The van der Waals surface area contributed by atoms with Crippen molar-refractivity contribution in [2.45, 2.75) is 19.2 Å². The Morgan fingerprint density at radius 1 is 1.15 bits per heavy atom. The summed E-state index contributed by atoms with van der Waals surface area (Å²) in [7, 11) is 1.64. The number of ether oxygens (including phenoxy) is 1. The molecule has 2 aromatic carbocycles. The van der Waals surface area contributed by atoms with E-state index in [1.54, 1.807) is 19.2 Å². The first-order valence-electron chi connectivity index (χ1n) is 6.18. The summed E-state index contributed by atoms with van der Waals surface area (Å²) < 4.78 is 20.0. The minimum absolute atomic E-state index is 0.314. The van der Waals surface area contributed by atoms with E-state index < -0.39 is 5.38 Å². The third-order valence-electron chi connectivity index (χ3n) is 3.21. The van der Waals surface area contributed by atoms with Crippen LogP contribution in [-0.2, 0) is 0 Å². The molecule has 0 spiro atoms. The number of halogens is 3. The fourth-order valence-electron chi connectivity index (χ4n) is 2.34. The van der Waals surface area contributed by atoms with Crippen LogP contribution in [0.3, 0.4) is 0 Å². The molecule has 0 N–H and O–H groups in total. The van der Waals surface area contributed by atoms with Crippen molar-refractivity contribution < 1.29 is 9.13 Å². The van der Waals surface area contributed by atoms with Gasteiger partial charge in [0.1, 0.15) is 11.6 Å². The minimum atomic E-state index is -0.522. The maximum Gasteiger partial charge on any atom is 0.129 e. The molecule has 0 aliphatic rings. The third kappa shape index (κ3) is 2.99. The summed E-state index contributed by atoms with van der Waals surface area (Å²) in [5, 5.41) is -0.522. The highest BCUT2D eigenvalue weighted by molar-refractivity contribution is 9.10. The van der Waals surface area contributed by atoms with E-state index in [1.807, 2.05) is 26.0 Å². The quantitative estimate of drug-likeness (QED) is 0.655. The number of hydrogen-bond donors (Lipinski definition) is 0. The Bertz CT molecular complexity index is 619. The van der Waals surface area contributed by atoms with Crippen LogP contribution in [0.5, 0.6) is 5.75 Å². The molecular weight excluding hydrogens is 343 g/mol. The summed E-state index contributed by atoms with van der Waals surface area (Å²) >= 11 is 9.68. The van der Waals surface area contributed by atoms with Crippen molar-refractivity contribution in [3.8, 4) is 5.75 Å². The average molecular weight is 358 g/mol. The highest BCUT2D eigenvalue weighted by atomic mass is 79.9. The standard InChI is InChI=1S/C16H15BrClFO/c1-9-6-11(7-10(2)16(9)20-3)15(18)13-5-4-12(17)8-14(13)19/h4-8,15H,1-3H3. The predicted molar refractivity (Wildman–Crippen MR) is 84.3 cm³/mol. The van der Waals surface area contributed by atoms with Gasteiger partial charge in [0.2, 0.25) is 0 Å². The van der Waals surface area contributed by atoms with Crippen molar-refractivity contribution in [2.24, 2.45) is 0 Å². The zero-order valence-electron chi connectivity index (χ0n) is 11.5. The van der Waals surface area contributed by atoms with Gasteiger partial charge in [-0.05, 0) is 42.7 Å². The lowest BCUT2D eigenvalue weighted by Gasteiger charge is -2.16. The van der Waals surface area contributed by atoms with Crippen LogP contribution in [0.15, 0.2) is 34.8 Å². The molecule has 0 aliphatic heterocycles. The molecule has 0 amide bonds. The molecule has 0 radical (unpaired) electrons. The van der Waals surface area contributed by atoms with Gasteiger partial charge in [0.15, 0.2) is 0 Å². The van der Waals surface area contributed by atoms with Gasteiger partial charge >= 0.3 is 0 Å². The third-order valence-corrected chi connectivity index (χ3v) is 4.20. The molecule has 0 saturated heterocycles. The Labute approximate surface area is 131 Å². The highest BCUT2D eigenvalue weighted by Gasteiger charge is 2.17. The van der Waals surface area contributed by atoms with E-state index in [1.165, 1.54) is 6.07 Å². The van der Waals surface area contributed by atoms with Gasteiger partial charge < -0.3 is 4.74 Å². The van der Waals surface area contributed by atoms with Gasteiger partial charge in [-0.25, -0.2) is 4.39 Å². The van der Waals surface area contributed by atoms with Crippen LogP contribution in [0.25, 0.3) is 0 Å². The van der Waals surface area contributed by atoms with E-state index in [-0.39, 0.29) is 5.82 Å². The molecule has 2 rings (SSSR count). The Morgan fingerprint density at radius 2 is 1.75 bits per heavy atom. The molecule has 1 unspecified atom stereocenters. The molecular formula is C16H15BrClFO. The maximum absolute atomic E-state index is 14.0. The van der Waals surface area contributed by atoms with Gasteiger partial charge in [0.25, 0.3) is 0 Å². The summed E-state index contributed by atoms with van der Waals surface area (Å²) in [5.74, 6) is 0.527. The number of rotatable bonds is 3. The summed E-state index contributed by atoms with van der Waals surface area (Å²) in [4.78, 5) is 0. The predicted octanol–water partition coefficient (Wildman–Crippen LogP) is 5.54. The number of methoxy groups -OCH3 is 1. The molecule has 0 saturated carbocycles. The van der Waals surface area contributed by atoms with E-state index in [4.69, 9.17) is 16.3 Å². The number of aryl methyl sites for hydroxylation is 2. The summed E-state index contributed by atoms with van der Waals surface area (Å²) in [6.07, 6.45) is 0. The molecule has 0 aromatic heterocycles. The second-order valence-electron chi connectivity index (χ2n) is 4.72. The molecule has 0 fully saturated rings. The smallest absolute Gasteiger partial charge is 0.129 e. The molecule has 106 valence electrons. The maximum atomic E-state index is 14.0. The van der Waals surface area contributed by atoms with E-state index in [9.17, 15) is 4.39 Å². The van der Waals surface area contributed by atoms with Crippen LogP contribution in [0.2, 0.25) is 0 Å². The lowest BCUT2D eigenvalue weighted by atomic mass is 9.99. The van der Waals surface area contributed by atoms with E-state index >= 15 is 0 Å². The van der Waals surface area contributed by atoms with E-state index in [2.05, 4.69) is 15.9 Å². The monoisotopic (exact) mass is 356 g/mol. The van der Waals surface area contributed by atoms with Crippen molar-refractivity contribution in [3.63, 3.8) is 0 Å². The Hall–Kier alpha value is -1.06. The van der Waals surface area contributed by atoms with Gasteiger partial charge in [-0.15, -0.1) is 11.6 Å². The SMILES string of the molecule is COc1c(C)cc(C(Cl)c2ccc(Br)cc2F)cc1C. The zero-order valence-corrected chi connectivity index (χ0v) is 13.8. The molecule has 2 aromatic rings. The van der Waals surface area contributed by atoms with Gasteiger partial charge in [-0.2, -0.15) is 0 Å². The van der Waals surface area contributed by atoms with Crippen LogP contribution >= 0.6 is 27.5 Å². The number of hydrogen-bond acceptors (Lipinski definition) is 1. The first kappa shape index (κ1) is 15.3. The minimum Gasteiger partial charge on any atom is -0.496 e. The second kappa shape index (κ2) is 6.15.